The van der Waals surface area contributed by atoms with Gasteiger partial charge < -0.3 is 9.88 Å². The van der Waals surface area contributed by atoms with Crippen LogP contribution in [0.25, 0.3) is 0 Å². The Morgan fingerprint density at radius 1 is 1.42 bits per heavy atom. The second-order valence-electron chi connectivity index (χ2n) is 5.95. The minimum absolute atomic E-state index is 0.0153. The van der Waals surface area contributed by atoms with E-state index in [9.17, 15) is 13.2 Å². The molecule has 1 fully saturated rings. The van der Waals surface area contributed by atoms with Crippen LogP contribution in [0.5, 0.6) is 0 Å². The highest BCUT2D eigenvalue weighted by Gasteiger charge is 2.30. The van der Waals surface area contributed by atoms with Crippen molar-refractivity contribution in [1.29, 1.82) is 0 Å². The second-order valence-corrected chi connectivity index (χ2v) is 7.51. The van der Waals surface area contributed by atoms with Crippen LogP contribution in [-0.4, -0.2) is 24.4 Å². The molecule has 0 bridgehead atoms. The number of carbonyl (C=O) groups excluding carboxylic acids is 1. The van der Waals surface area contributed by atoms with Gasteiger partial charge in [0.2, 0.25) is 10.0 Å². The van der Waals surface area contributed by atoms with Crippen molar-refractivity contribution in [3.8, 4) is 0 Å². The van der Waals surface area contributed by atoms with Crippen LogP contribution in [0.3, 0.4) is 0 Å². The second kappa shape index (κ2) is 4.35. The van der Waals surface area contributed by atoms with Crippen molar-refractivity contribution < 1.29 is 13.2 Å². The van der Waals surface area contributed by atoms with Gasteiger partial charge in [0, 0.05) is 17.8 Å². The molecule has 1 saturated carbocycles. The Balaban J connectivity index is 2.38. The molecule has 0 unspecified atom stereocenters. The smallest absolute Gasteiger partial charge is 0.268 e. The Kier molecular flexibility index (Phi) is 3.22. The predicted molar refractivity (Wildman–Crippen MR) is 71.3 cm³/mol. The van der Waals surface area contributed by atoms with Gasteiger partial charge >= 0.3 is 0 Å². The topological polar surface area (TPSA) is 94.2 Å². The lowest BCUT2D eigenvalue weighted by molar-refractivity contribution is 0.0910. The average molecular weight is 285 g/mol. The minimum Gasteiger partial charge on any atom is -0.346 e. The summed E-state index contributed by atoms with van der Waals surface area (Å²) < 4.78 is 24.5. The number of carbonyl (C=O) groups is 1. The zero-order chi connectivity index (χ0) is 14.4. The monoisotopic (exact) mass is 285 g/mol. The molecule has 1 aliphatic rings. The molecule has 0 radical (unpaired) electrons. The van der Waals surface area contributed by atoms with E-state index in [1.807, 2.05) is 20.8 Å². The Bertz CT molecular complexity index is 607. The molecule has 1 aromatic heterocycles. The van der Waals surface area contributed by atoms with Crippen molar-refractivity contribution >= 4 is 15.9 Å². The molecule has 19 heavy (non-hydrogen) atoms. The highest BCUT2D eigenvalue weighted by Crippen LogP contribution is 2.37. The molecular weight excluding hydrogens is 266 g/mol. The molecule has 0 atom stereocenters. The van der Waals surface area contributed by atoms with E-state index in [-0.39, 0.29) is 22.4 Å². The molecule has 6 nitrogen and oxygen atoms in total. The number of hydrogen-bond acceptors (Lipinski definition) is 3. The van der Waals surface area contributed by atoms with Gasteiger partial charge in [-0.2, -0.15) is 0 Å². The van der Waals surface area contributed by atoms with Crippen molar-refractivity contribution in [3.63, 3.8) is 0 Å². The van der Waals surface area contributed by atoms with E-state index in [1.165, 1.54) is 12.3 Å². The normalized spacial score (nSPS) is 16.4. The molecular formula is C12H19N3O3S. The summed E-state index contributed by atoms with van der Waals surface area (Å²) in [7, 11) is -3.79. The fraction of sp³-hybridized carbons (Fsp3) is 0.583. The summed E-state index contributed by atoms with van der Waals surface area (Å²) in [5.41, 5.74) is -0.0289. The quantitative estimate of drug-likeness (QED) is 0.867. The highest BCUT2D eigenvalue weighted by atomic mass is 32.2. The van der Waals surface area contributed by atoms with Gasteiger partial charge in [-0.1, -0.05) is 0 Å². The van der Waals surface area contributed by atoms with E-state index in [2.05, 4.69) is 5.32 Å². The number of sulfonamides is 1. The number of nitrogens with one attached hydrogen (secondary N) is 1. The number of nitrogens with two attached hydrogens (primary N) is 1. The van der Waals surface area contributed by atoms with Gasteiger partial charge in [-0.3, -0.25) is 4.79 Å². The van der Waals surface area contributed by atoms with E-state index in [4.69, 9.17) is 5.14 Å². The van der Waals surface area contributed by atoms with Crippen LogP contribution in [0.2, 0.25) is 0 Å². The summed E-state index contributed by atoms with van der Waals surface area (Å²) in [5.74, 6) is -0.283. The lowest BCUT2D eigenvalue weighted by Crippen LogP contribution is -2.41. The molecule has 0 spiro atoms. The van der Waals surface area contributed by atoms with Crippen LogP contribution >= 0.6 is 0 Å². The van der Waals surface area contributed by atoms with Crippen LogP contribution in [0.1, 0.15) is 50.1 Å². The molecule has 1 aromatic rings. The Morgan fingerprint density at radius 3 is 2.42 bits per heavy atom. The number of amides is 1. The first-order valence-electron chi connectivity index (χ1n) is 6.15. The summed E-state index contributed by atoms with van der Waals surface area (Å²) in [6, 6.07) is 1.55. The summed E-state index contributed by atoms with van der Waals surface area (Å²) in [5, 5.41) is 7.94. The van der Waals surface area contributed by atoms with Crippen LogP contribution in [0.15, 0.2) is 17.2 Å². The molecule has 0 aliphatic heterocycles. The van der Waals surface area contributed by atoms with Crippen LogP contribution in [-0.2, 0) is 10.0 Å². The average Bonchev–Trinajstić information content (AvgIpc) is 2.92. The Labute approximate surface area is 113 Å². The third kappa shape index (κ3) is 3.36. The molecule has 2 rings (SSSR count). The number of hydrogen-bond donors (Lipinski definition) is 2. The zero-order valence-corrected chi connectivity index (χ0v) is 12.1. The SMILES string of the molecule is CC(C)(C)NC(=O)c1cc(S(N)(=O)=O)cn1C1CC1. The van der Waals surface area contributed by atoms with E-state index >= 15 is 0 Å². The van der Waals surface area contributed by atoms with Gasteiger partial charge in [0.05, 0.1) is 0 Å². The number of rotatable bonds is 3. The molecule has 0 saturated heterocycles. The van der Waals surface area contributed by atoms with E-state index in [0.29, 0.717) is 5.69 Å². The first-order valence-corrected chi connectivity index (χ1v) is 7.70. The van der Waals surface area contributed by atoms with Gasteiger partial charge in [-0.05, 0) is 39.7 Å². The third-order valence-corrected chi connectivity index (χ3v) is 3.69. The van der Waals surface area contributed by atoms with Gasteiger partial charge in [0.1, 0.15) is 10.6 Å². The van der Waals surface area contributed by atoms with Crippen molar-refractivity contribution in [2.45, 2.75) is 50.1 Å². The summed E-state index contributed by atoms with van der Waals surface area (Å²) in [6.45, 7) is 5.61. The van der Waals surface area contributed by atoms with Crippen molar-refractivity contribution in [3.05, 3.63) is 18.0 Å². The fourth-order valence-electron chi connectivity index (χ4n) is 1.85. The Morgan fingerprint density at radius 2 is 2.00 bits per heavy atom. The molecule has 0 aromatic carbocycles. The molecule has 1 aliphatic carbocycles. The molecule has 106 valence electrons. The van der Waals surface area contributed by atoms with Gasteiger partial charge in [0.15, 0.2) is 0 Å². The van der Waals surface area contributed by atoms with Crippen LogP contribution in [0, 0.1) is 0 Å². The third-order valence-electron chi connectivity index (χ3n) is 2.81. The van der Waals surface area contributed by atoms with Crippen molar-refractivity contribution in [2.75, 3.05) is 0 Å². The number of aromatic nitrogens is 1. The van der Waals surface area contributed by atoms with Crippen molar-refractivity contribution in [1.82, 2.24) is 9.88 Å². The molecule has 7 heteroatoms. The first kappa shape index (κ1) is 14.1. The number of nitrogens with zero attached hydrogens (tertiary/aromatic N) is 1. The van der Waals surface area contributed by atoms with Gasteiger partial charge in [-0.25, -0.2) is 13.6 Å². The van der Waals surface area contributed by atoms with Crippen LogP contribution < -0.4 is 10.5 Å². The number of primary sulfonamides is 1. The standard InChI is InChI=1S/C12H19N3O3S/c1-12(2,3)14-11(16)10-6-9(19(13,17)18)7-15(10)8-4-5-8/h6-8H,4-5H2,1-3H3,(H,14,16)(H2,13,17,18). The minimum atomic E-state index is -3.79. The predicted octanol–water partition coefficient (Wildman–Crippen LogP) is 0.999. The zero-order valence-electron chi connectivity index (χ0n) is 11.3. The highest BCUT2D eigenvalue weighted by molar-refractivity contribution is 7.89. The first-order chi connectivity index (χ1) is 8.58. The van der Waals surface area contributed by atoms with Crippen LogP contribution in [0.4, 0.5) is 0 Å². The van der Waals surface area contributed by atoms with Crippen molar-refractivity contribution in [2.24, 2.45) is 5.14 Å². The lowest BCUT2D eigenvalue weighted by Gasteiger charge is -2.21. The lowest BCUT2D eigenvalue weighted by atomic mass is 10.1. The van der Waals surface area contributed by atoms with Gasteiger partial charge in [-0.15, -0.1) is 0 Å². The molecule has 3 N–H and O–H groups in total. The van der Waals surface area contributed by atoms with E-state index in [0.717, 1.165) is 12.8 Å². The largest absolute Gasteiger partial charge is 0.346 e. The summed E-state index contributed by atoms with van der Waals surface area (Å²) >= 11 is 0. The molecule has 1 heterocycles. The fourth-order valence-corrected chi connectivity index (χ4v) is 2.39. The maximum atomic E-state index is 12.2. The summed E-state index contributed by atoms with van der Waals surface area (Å²) in [4.78, 5) is 12.2. The maximum absolute atomic E-state index is 12.2. The summed E-state index contributed by atoms with van der Waals surface area (Å²) in [6.07, 6.45) is 3.35. The van der Waals surface area contributed by atoms with E-state index in [1.54, 1.807) is 4.57 Å². The van der Waals surface area contributed by atoms with E-state index < -0.39 is 10.0 Å². The van der Waals surface area contributed by atoms with Gasteiger partial charge in [0.25, 0.3) is 5.91 Å². The Hall–Kier alpha value is -1.34. The molecule has 1 amide bonds. The maximum Gasteiger partial charge on any atom is 0.268 e.